The maximum Gasteiger partial charge on any atom is 0.411 e. The number of carbonyl (C=O) groups excluding carboxylic acids is 2. The summed E-state index contributed by atoms with van der Waals surface area (Å²) < 4.78 is 18.4. The number of fused-ring (bicyclic) bond motifs is 1. The highest BCUT2D eigenvalue weighted by Gasteiger charge is 2.27. The van der Waals surface area contributed by atoms with E-state index in [0.29, 0.717) is 11.3 Å². The van der Waals surface area contributed by atoms with Crippen molar-refractivity contribution in [3.05, 3.63) is 29.6 Å². The second-order valence-electron chi connectivity index (χ2n) is 5.69. The first-order valence-corrected chi connectivity index (χ1v) is 6.31. The largest absolute Gasteiger partial charge is 0.444 e. The number of nitrogens with zero attached hydrogens (tertiary/aromatic N) is 1. The van der Waals surface area contributed by atoms with Gasteiger partial charge in [0.1, 0.15) is 18.0 Å². The molecule has 108 valence electrons. The van der Waals surface area contributed by atoms with E-state index in [-0.39, 0.29) is 19.0 Å². The highest BCUT2D eigenvalue weighted by atomic mass is 19.1. The SMILES string of the molecule is CC(C)(C)OC(=O)N1CC(=O)Nc2cc(F)ccc2C1. The molecule has 0 bridgehead atoms. The predicted molar refractivity (Wildman–Crippen MR) is 71.7 cm³/mol. The third kappa shape index (κ3) is 3.46. The van der Waals surface area contributed by atoms with Gasteiger partial charge in [-0.05, 0) is 38.5 Å². The lowest BCUT2D eigenvalue weighted by Gasteiger charge is -2.25. The molecule has 0 radical (unpaired) electrons. The molecule has 2 amide bonds. The van der Waals surface area contributed by atoms with Crippen LogP contribution < -0.4 is 5.32 Å². The summed E-state index contributed by atoms with van der Waals surface area (Å²) in [5.74, 6) is -0.810. The molecule has 1 aromatic carbocycles. The van der Waals surface area contributed by atoms with Crippen LogP contribution in [0.2, 0.25) is 0 Å². The lowest BCUT2D eigenvalue weighted by molar-refractivity contribution is -0.117. The van der Waals surface area contributed by atoms with Gasteiger partial charge in [-0.3, -0.25) is 9.69 Å². The van der Waals surface area contributed by atoms with Gasteiger partial charge in [-0.2, -0.15) is 0 Å². The first-order valence-electron chi connectivity index (χ1n) is 6.31. The highest BCUT2D eigenvalue weighted by Crippen LogP contribution is 2.23. The average Bonchev–Trinajstić information content (AvgIpc) is 2.44. The van der Waals surface area contributed by atoms with Crippen molar-refractivity contribution >= 4 is 17.7 Å². The van der Waals surface area contributed by atoms with Crippen molar-refractivity contribution in [2.75, 3.05) is 11.9 Å². The van der Waals surface area contributed by atoms with Crippen molar-refractivity contribution in [2.24, 2.45) is 0 Å². The Morgan fingerprint density at radius 3 is 2.70 bits per heavy atom. The van der Waals surface area contributed by atoms with Crippen LogP contribution in [0.25, 0.3) is 0 Å². The molecule has 0 unspecified atom stereocenters. The zero-order chi connectivity index (χ0) is 14.9. The van der Waals surface area contributed by atoms with Gasteiger partial charge in [-0.15, -0.1) is 0 Å². The number of hydrogen-bond donors (Lipinski definition) is 1. The number of carbonyl (C=O) groups is 2. The van der Waals surface area contributed by atoms with Crippen molar-refractivity contribution < 1.29 is 18.7 Å². The maximum atomic E-state index is 13.2. The van der Waals surface area contributed by atoms with E-state index in [1.54, 1.807) is 26.8 Å². The van der Waals surface area contributed by atoms with Gasteiger partial charge in [0, 0.05) is 5.69 Å². The van der Waals surface area contributed by atoms with Gasteiger partial charge in [0.05, 0.1) is 6.54 Å². The number of hydrogen-bond acceptors (Lipinski definition) is 3. The van der Waals surface area contributed by atoms with Crippen molar-refractivity contribution in [1.82, 2.24) is 4.90 Å². The predicted octanol–water partition coefficient (Wildman–Crippen LogP) is 2.51. The van der Waals surface area contributed by atoms with Gasteiger partial charge in [0.15, 0.2) is 0 Å². The summed E-state index contributed by atoms with van der Waals surface area (Å²) in [4.78, 5) is 25.1. The Labute approximate surface area is 116 Å². The summed E-state index contributed by atoms with van der Waals surface area (Å²) in [5, 5.41) is 2.58. The van der Waals surface area contributed by atoms with Gasteiger partial charge in [0.25, 0.3) is 0 Å². The molecule has 0 atom stereocenters. The second-order valence-corrected chi connectivity index (χ2v) is 5.69. The minimum absolute atomic E-state index is 0.120. The zero-order valence-corrected chi connectivity index (χ0v) is 11.7. The number of nitrogens with one attached hydrogen (secondary N) is 1. The molecule has 0 saturated carbocycles. The van der Waals surface area contributed by atoms with Crippen molar-refractivity contribution in [3.8, 4) is 0 Å². The molecule has 6 heteroatoms. The van der Waals surface area contributed by atoms with Gasteiger partial charge < -0.3 is 10.1 Å². The monoisotopic (exact) mass is 280 g/mol. The van der Waals surface area contributed by atoms with Crippen LogP contribution in [0.1, 0.15) is 26.3 Å². The molecule has 0 aliphatic carbocycles. The minimum Gasteiger partial charge on any atom is -0.444 e. The molecule has 1 aliphatic heterocycles. The molecule has 0 aromatic heterocycles. The summed E-state index contributed by atoms with van der Waals surface area (Å²) in [6, 6.07) is 4.09. The van der Waals surface area contributed by atoms with E-state index in [2.05, 4.69) is 5.32 Å². The molecule has 1 aliphatic rings. The van der Waals surface area contributed by atoms with Crippen molar-refractivity contribution in [1.29, 1.82) is 0 Å². The van der Waals surface area contributed by atoms with Crippen LogP contribution in [0, 0.1) is 5.82 Å². The van der Waals surface area contributed by atoms with Crippen molar-refractivity contribution in [2.45, 2.75) is 32.9 Å². The number of halogens is 1. The quantitative estimate of drug-likeness (QED) is 0.794. The molecule has 5 nitrogen and oxygen atoms in total. The van der Waals surface area contributed by atoms with Crippen molar-refractivity contribution in [3.63, 3.8) is 0 Å². The Morgan fingerprint density at radius 2 is 2.05 bits per heavy atom. The molecule has 20 heavy (non-hydrogen) atoms. The van der Waals surface area contributed by atoms with Crippen LogP contribution in [0.15, 0.2) is 18.2 Å². The standard InChI is InChI=1S/C14H17FN2O3/c1-14(2,3)20-13(19)17-7-9-4-5-10(15)6-11(9)16-12(18)8-17/h4-6H,7-8H2,1-3H3,(H,16,18). The van der Waals surface area contributed by atoms with Gasteiger partial charge >= 0.3 is 6.09 Å². The van der Waals surface area contributed by atoms with E-state index >= 15 is 0 Å². The molecular weight excluding hydrogens is 263 g/mol. The lowest BCUT2D eigenvalue weighted by atomic mass is 10.1. The Morgan fingerprint density at radius 1 is 1.35 bits per heavy atom. The highest BCUT2D eigenvalue weighted by molar-refractivity contribution is 5.95. The summed E-state index contributed by atoms with van der Waals surface area (Å²) in [7, 11) is 0. The number of benzene rings is 1. The lowest BCUT2D eigenvalue weighted by Crippen LogP contribution is -2.39. The third-order valence-electron chi connectivity index (χ3n) is 2.69. The topological polar surface area (TPSA) is 58.6 Å². The van der Waals surface area contributed by atoms with E-state index in [9.17, 15) is 14.0 Å². The number of ether oxygens (including phenoxy) is 1. The van der Waals surface area contributed by atoms with E-state index in [1.807, 2.05) is 0 Å². The fourth-order valence-corrected chi connectivity index (χ4v) is 1.88. The second kappa shape index (κ2) is 5.11. The smallest absolute Gasteiger partial charge is 0.411 e. The molecule has 0 saturated heterocycles. The van der Waals surface area contributed by atoms with E-state index in [4.69, 9.17) is 4.74 Å². The summed E-state index contributed by atoms with van der Waals surface area (Å²) in [6.45, 7) is 5.35. The van der Waals surface area contributed by atoms with E-state index < -0.39 is 17.5 Å². The van der Waals surface area contributed by atoms with Gasteiger partial charge in [-0.1, -0.05) is 6.07 Å². The van der Waals surface area contributed by atoms with Crippen LogP contribution in [0.4, 0.5) is 14.9 Å². The minimum atomic E-state index is -0.633. The summed E-state index contributed by atoms with van der Waals surface area (Å²) in [5.41, 5.74) is 0.426. The Bertz CT molecular complexity index is 552. The average molecular weight is 280 g/mol. The Hall–Kier alpha value is -2.11. The van der Waals surface area contributed by atoms with Crippen LogP contribution in [-0.2, 0) is 16.1 Å². The fourth-order valence-electron chi connectivity index (χ4n) is 1.88. The molecule has 1 N–H and O–H groups in total. The Balaban J connectivity index is 2.23. The van der Waals surface area contributed by atoms with Crippen LogP contribution >= 0.6 is 0 Å². The van der Waals surface area contributed by atoms with Crippen LogP contribution in [0.5, 0.6) is 0 Å². The number of rotatable bonds is 0. The zero-order valence-electron chi connectivity index (χ0n) is 11.7. The molecular formula is C14H17FN2O3. The number of amides is 2. The molecule has 2 rings (SSSR count). The molecule has 0 fully saturated rings. The normalized spacial score (nSPS) is 15.2. The van der Waals surface area contributed by atoms with Crippen LogP contribution in [-0.4, -0.2) is 29.0 Å². The van der Waals surface area contributed by atoms with E-state index in [1.165, 1.54) is 17.0 Å². The van der Waals surface area contributed by atoms with E-state index in [0.717, 1.165) is 0 Å². The Kier molecular flexibility index (Phi) is 3.65. The van der Waals surface area contributed by atoms with Crippen LogP contribution in [0.3, 0.4) is 0 Å². The first-order chi connectivity index (χ1) is 9.24. The summed E-state index contributed by atoms with van der Waals surface area (Å²) in [6.07, 6.45) is -0.565. The molecule has 1 heterocycles. The molecule has 1 aromatic rings. The maximum absolute atomic E-state index is 13.2. The van der Waals surface area contributed by atoms with Gasteiger partial charge in [0.2, 0.25) is 5.91 Å². The van der Waals surface area contributed by atoms with Gasteiger partial charge in [-0.25, -0.2) is 9.18 Å². The fraction of sp³-hybridized carbons (Fsp3) is 0.429. The summed E-state index contributed by atoms with van der Waals surface area (Å²) >= 11 is 0. The third-order valence-corrected chi connectivity index (χ3v) is 2.69. The first kappa shape index (κ1) is 14.3. The molecule has 0 spiro atoms. The number of anilines is 1.